The maximum Gasteiger partial charge on any atom is 0.338 e. The van der Waals surface area contributed by atoms with Gasteiger partial charge in [0.1, 0.15) is 0 Å². The van der Waals surface area contributed by atoms with Crippen molar-refractivity contribution in [1.29, 1.82) is 0 Å². The Morgan fingerprint density at radius 3 is 2.45 bits per heavy atom. The van der Waals surface area contributed by atoms with Crippen molar-refractivity contribution in [3.05, 3.63) is 75.3 Å². The van der Waals surface area contributed by atoms with Crippen LogP contribution in [0, 0.1) is 10.1 Å². The van der Waals surface area contributed by atoms with Gasteiger partial charge in [0.05, 0.1) is 10.5 Å². The molecule has 110 valence electrons. The number of nitrogens with zero attached hydrogens (tertiary/aromatic N) is 1. The molecule has 22 heavy (non-hydrogen) atoms. The van der Waals surface area contributed by atoms with E-state index in [2.05, 4.69) is 0 Å². The molecule has 0 N–H and O–H groups in total. The van der Waals surface area contributed by atoms with Gasteiger partial charge in [-0.1, -0.05) is 24.3 Å². The van der Waals surface area contributed by atoms with Crippen molar-refractivity contribution >= 4 is 17.4 Å². The molecule has 1 atom stereocenters. The molecule has 0 aromatic heterocycles. The average molecular weight is 297 g/mol. The van der Waals surface area contributed by atoms with Gasteiger partial charge in [0.2, 0.25) is 5.78 Å². The van der Waals surface area contributed by atoms with Crippen LogP contribution >= 0.6 is 0 Å². The number of rotatable bonds is 3. The molecule has 1 aliphatic rings. The number of carbonyl (C=O) groups is 2. The number of hydrogen-bond donors (Lipinski definition) is 0. The van der Waals surface area contributed by atoms with Crippen LogP contribution < -0.4 is 0 Å². The lowest BCUT2D eigenvalue weighted by Crippen LogP contribution is -2.24. The molecule has 3 rings (SSSR count). The highest BCUT2D eigenvalue weighted by molar-refractivity contribution is 6.05. The van der Waals surface area contributed by atoms with E-state index in [9.17, 15) is 19.7 Å². The number of non-ortho nitro benzene ring substituents is 1. The summed E-state index contributed by atoms with van der Waals surface area (Å²) < 4.78 is 5.23. The maximum atomic E-state index is 12.1. The number of ether oxygens (including phenoxy) is 1. The summed E-state index contributed by atoms with van der Waals surface area (Å²) in [5.74, 6) is -0.882. The molecule has 2 aromatic carbocycles. The van der Waals surface area contributed by atoms with E-state index in [4.69, 9.17) is 4.74 Å². The van der Waals surface area contributed by atoms with Gasteiger partial charge in [-0.2, -0.15) is 0 Å². The third-order valence-electron chi connectivity index (χ3n) is 3.54. The SMILES string of the molecule is O=C(OC1Cc2ccccc2C1=O)c1ccc([N+](=O)[O-])cc1. The molecular weight excluding hydrogens is 286 g/mol. The van der Waals surface area contributed by atoms with E-state index in [1.54, 1.807) is 12.1 Å². The first-order valence-electron chi connectivity index (χ1n) is 6.64. The second-order valence-electron chi connectivity index (χ2n) is 4.92. The van der Waals surface area contributed by atoms with Crippen molar-refractivity contribution in [1.82, 2.24) is 0 Å². The molecule has 6 nitrogen and oxygen atoms in total. The van der Waals surface area contributed by atoms with Gasteiger partial charge in [0.25, 0.3) is 5.69 Å². The Bertz CT molecular complexity index is 766. The van der Waals surface area contributed by atoms with Crippen LogP contribution in [0.3, 0.4) is 0 Å². The topological polar surface area (TPSA) is 86.5 Å². The van der Waals surface area contributed by atoms with Crippen molar-refractivity contribution in [3.8, 4) is 0 Å². The predicted molar refractivity (Wildman–Crippen MR) is 76.8 cm³/mol. The van der Waals surface area contributed by atoms with Gasteiger partial charge in [-0.05, 0) is 17.7 Å². The highest BCUT2D eigenvalue weighted by atomic mass is 16.6. The van der Waals surface area contributed by atoms with Gasteiger partial charge in [0.15, 0.2) is 6.10 Å². The lowest BCUT2D eigenvalue weighted by Gasteiger charge is -2.10. The van der Waals surface area contributed by atoms with Crippen molar-refractivity contribution in [3.63, 3.8) is 0 Å². The van der Waals surface area contributed by atoms with E-state index in [-0.39, 0.29) is 17.0 Å². The van der Waals surface area contributed by atoms with E-state index in [1.807, 2.05) is 12.1 Å². The molecule has 1 aliphatic carbocycles. The monoisotopic (exact) mass is 297 g/mol. The van der Waals surface area contributed by atoms with Gasteiger partial charge < -0.3 is 4.74 Å². The minimum absolute atomic E-state index is 0.110. The van der Waals surface area contributed by atoms with E-state index in [1.165, 1.54) is 24.3 Å². The second-order valence-corrected chi connectivity index (χ2v) is 4.92. The Kier molecular flexibility index (Phi) is 3.42. The van der Waals surface area contributed by atoms with Crippen LogP contribution in [-0.2, 0) is 11.2 Å². The van der Waals surface area contributed by atoms with Gasteiger partial charge in [-0.25, -0.2) is 4.79 Å². The molecule has 0 radical (unpaired) electrons. The molecule has 1 unspecified atom stereocenters. The summed E-state index contributed by atoms with van der Waals surface area (Å²) in [6.07, 6.45) is -0.478. The summed E-state index contributed by atoms with van der Waals surface area (Å²) in [6.45, 7) is 0. The maximum absolute atomic E-state index is 12.1. The molecule has 0 saturated carbocycles. The lowest BCUT2D eigenvalue weighted by molar-refractivity contribution is -0.384. The Hall–Kier alpha value is -3.02. The zero-order chi connectivity index (χ0) is 15.7. The fourth-order valence-corrected chi connectivity index (χ4v) is 2.42. The summed E-state index contributed by atoms with van der Waals surface area (Å²) in [5, 5.41) is 10.6. The summed E-state index contributed by atoms with van der Waals surface area (Å²) >= 11 is 0. The molecule has 0 aliphatic heterocycles. The second kappa shape index (κ2) is 5.40. The number of ketones is 1. The average Bonchev–Trinajstić information content (AvgIpc) is 2.84. The first-order valence-corrected chi connectivity index (χ1v) is 6.64. The van der Waals surface area contributed by atoms with E-state index >= 15 is 0 Å². The summed E-state index contributed by atoms with van der Waals surface area (Å²) in [5.41, 5.74) is 1.49. The van der Waals surface area contributed by atoms with Crippen molar-refractivity contribution in [2.75, 3.05) is 0 Å². The fraction of sp³-hybridized carbons (Fsp3) is 0.125. The summed E-state index contributed by atoms with van der Waals surface area (Å²) in [7, 11) is 0. The van der Waals surface area contributed by atoms with Gasteiger partial charge in [0, 0.05) is 24.1 Å². The quantitative estimate of drug-likeness (QED) is 0.493. The highest BCUT2D eigenvalue weighted by Gasteiger charge is 2.33. The normalized spacial score (nSPS) is 16.2. The molecule has 6 heteroatoms. The van der Waals surface area contributed by atoms with Gasteiger partial charge in [-0.3, -0.25) is 14.9 Å². The first kappa shape index (κ1) is 13.9. The van der Waals surface area contributed by atoms with Crippen LogP contribution in [0.2, 0.25) is 0 Å². The fourth-order valence-electron chi connectivity index (χ4n) is 2.42. The molecule has 0 bridgehead atoms. The highest BCUT2D eigenvalue weighted by Crippen LogP contribution is 2.25. The Morgan fingerprint density at radius 1 is 1.14 bits per heavy atom. The van der Waals surface area contributed by atoms with Crippen molar-refractivity contribution in [2.45, 2.75) is 12.5 Å². The first-order chi connectivity index (χ1) is 10.6. The number of benzene rings is 2. The smallest absolute Gasteiger partial charge is 0.338 e. The minimum Gasteiger partial charge on any atom is -0.450 e. The molecule has 0 amide bonds. The molecule has 0 spiro atoms. The molecule has 0 heterocycles. The Balaban J connectivity index is 1.73. The minimum atomic E-state index is -0.833. The zero-order valence-electron chi connectivity index (χ0n) is 11.4. The van der Waals surface area contributed by atoms with Crippen LogP contribution in [-0.4, -0.2) is 22.8 Å². The standard InChI is InChI=1S/C16H11NO5/c18-15-13-4-2-1-3-11(13)9-14(15)22-16(19)10-5-7-12(8-6-10)17(20)21/h1-8,14H,9H2. The van der Waals surface area contributed by atoms with Crippen LogP contribution in [0.15, 0.2) is 48.5 Å². The number of esters is 1. The molecule has 2 aromatic rings. The molecule has 0 fully saturated rings. The van der Waals surface area contributed by atoms with E-state index in [0.29, 0.717) is 12.0 Å². The van der Waals surface area contributed by atoms with Crippen LogP contribution in [0.5, 0.6) is 0 Å². The Labute approximate surface area is 125 Å². The zero-order valence-corrected chi connectivity index (χ0v) is 11.4. The van der Waals surface area contributed by atoms with Gasteiger partial charge >= 0.3 is 5.97 Å². The molecular formula is C16H11NO5. The number of Topliss-reactive ketones (excluding diaryl/α,β-unsaturated/α-hetero) is 1. The number of nitro groups is 1. The predicted octanol–water partition coefficient (Wildman–Crippen LogP) is 2.56. The number of carbonyl (C=O) groups excluding carboxylic acids is 2. The van der Waals surface area contributed by atoms with Crippen LogP contribution in [0.4, 0.5) is 5.69 Å². The summed E-state index contributed by atoms with van der Waals surface area (Å²) in [4.78, 5) is 34.2. The Morgan fingerprint density at radius 2 is 1.82 bits per heavy atom. The van der Waals surface area contributed by atoms with E-state index < -0.39 is 17.0 Å². The number of hydrogen-bond acceptors (Lipinski definition) is 5. The summed E-state index contributed by atoms with van der Waals surface area (Å²) in [6, 6.07) is 12.2. The van der Waals surface area contributed by atoms with Crippen LogP contribution in [0.25, 0.3) is 0 Å². The third-order valence-corrected chi connectivity index (χ3v) is 3.54. The largest absolute Gasteiger partial charge is 0.450 e. The lowest BCUT2D eigenvalue weighted by atomic mass is 10.1. The number of fused-ring (bicyclic) bond motifs is 1. The third kappa shape index (κ3) is 2.46. The van der Waals surface area contributed by atoms with Crippen molar-refractivity contribution < 1.29 is 19.2 Å². The molecule has 0 saturated heterocycles. The van der Waals surface area contributed by atoms with Crippen LogP contribution in [0.1, 0.15) is 26.3 Å². The van der Waals surface area contributed by atoms with Gasteiger partial charge in [-0.15, -0.1) is 0 Å². The van der Waals surface area contributed by atoms with Crippen molar-refractivity contribution in [2.24, 2.45) is 0 Å². The van der Waals surface area contributed by atoms with E-state index in [0.717, 1.165) is 5.56 Å². The number of nitro benzene ring substituents is 1.